The number of nitrogens with zero attached hydrogens (tertiary/aromatic N) is 3. The van der Waals surface area contributed by atoms with Crippen molar-refractivity contribution < 1.29 is 9.59 Å². The molecule has 0 radical (unpaired) electrons. The quantitative estimate of drug-likeness (QED) is 0.833. The lowest BCUT2D eigenvalue weighted by Crippen LogP contribution is -2.46. The molecule has 1 fully saturated rings. The van der Waals surface area contributed by atoms with Crippen molar-refractivity contribution in [1.82, 2.24) is 20.0 Å². The van der Waals surface area contributed by atoms with E-state index in [1.165, 1.54) is 12.1 Å². The summed E-state index contributed by atoms with van der Waals surface area (Å²) in [5.41, 5.74) is 3.88. The van der Waals surface area contributed by atoms with Crippen LogP contribution in [0, 0.1) is 0 Å². The van der Waals surface area contributed by atoms with Gasteiger partial charge < -0.3 is 10.2 Å². The van der Waals surface area contributed by atoms with Gasteiger partial charge in [0.05, 0.1) is 5.69 Å². The average molecular weight is 380 g/mol. The monoisotopic (exact) mass is 380 g/mol. The van der Waals surface area contributed by atoms with Crippen LogP contribution in [0.1, 0.15) is 60.8 Å². The Hall–Kier alpha value is -2.63. The molecule has 2 amide bonds. The van der Waals surface area contributed by atoms with Crippen LogP contribution in [0.5, 0.6) is 0 Å². The molecule has 1 aromatic heterocycles. The van der Waals surface area contributed by atoms with E-state index in [0.29, 0.717) is 18.8 Å². The van der Waals surface area contributed by atoms with E-state index in [2.05, 4.69) is 5.32 Å². The molecule has 28 heavy (non-hydrogen) atoms. The van der Waals surface area contributed by atoms with Crippen LogP contribution in [0.2, 0.25) is 0 Å². The first-order valence-electron chi connectivity index (χ1n) is 10.4. The van der Waals surface area contributed by atoms with Gasteiger partial charge >= 0.3 is 0 Å². The zero-order valence-corrected chi connectivity index (χ0v) is 16.5. The average Bonchev–Trinajstić information content (AvgIpc) is 2.90. The van der Waals surface area contributed by atoms with Crippen molar-refractivity contribution in [1.29, 1.82) is 0 Å². The highest BCUT2D eigenvalue weighted by molar-refractivity contribution is 5.94. The number of hydrogen-bond acceptors (Lipinski definition) is 3. The van der Waals surface area contributed by atoms with Gasteiger partial charge in [0.1, 0.15) is 0 Å². The number of hydrogen-bond donors (Lipinski definition) is 1. The highest BCUT2D eigenvalue weighted by Gasteiger charge is 2.27. The van der Waals surface area contributed by atoms with Gasteiger partial charge in [-0.3, -0.25) is 9.59 Å². The first-order valence-corrected chi connectivity index (χ1v) is 10.4. The lowest BCUT2D eigenvalue weighted by atomic mass is 10.0. The van der Waals surface area contributed by atoms with Crippen molar-refractivity contribution in [3.63, 3.8) is 0 Å². The molecular formula is C22H28N4O2. The highest BCUT2D eigenvalue weighted by atomic mass is 16.2. The molecule has 2 aliphatic rings. The molecular weight excluding hydrogens is 352 g/mol. The molecule has 0 unspecified atom stereocenters. The van der Waals surface area contributed by atoms with Crippen molar-refractivity contribution in [2.24, 2.45) is 0 Å². The molecule has 1 aliphatic heterocycles. The summed E-state index contributed by atoms with van der Waals surface area (Å²) in [6.45, 7) is 3.01. The number of amides is 2. The number of likely N-dealkylation sites (tertiary alicyclic amines) is 1. The number of fused-ring (bicyclic) bond motifs is 1. The van der Waals surface area contributed by atoms with Gasteiger partial charge in [0.25, 0.3) is 5.91 Å². The van der Waals surface area contributed by atoms with Crippen molar-refractivity contribution in [2.45, 2.75) is 57.9 Å². The zero-order chi connectivity index (χ0) is 19.5. The molecule has 1 aliphatic carbocycles. The van der Waals surface area contributed by atoms with E-state index in [-0.39, 0.29) is 17.9 Å². The topological polar surface area (TPSA) is 67.2 Å². The van der Waals surface area contributed by atoms with Crippen molar-refractivity contribution in [3.8, 4) is 5.69 Å². The minimum Gasteiger partial charge on any atom is -0.348 e. The Bertz CT molecular complexity index is 851. The summed E-state index contributed by atoms with van der Waals surface area (Å²) in [6, 6.07) is 10.2. The maximum atomic E-state index is 13.1. The molecule has 0 spiro atoms. The number of carbonyl (C=O) groups excluding carboxylic acids is 2. The summed E-state index contributed by atoms with van der Waals surface area (Å²) in [7, 11) is 0. The Morgan fingerprint density at radius 3 is 2.46 bits per heavy atom. The van der Waals surface area contributed by atoms with E-state index < -0.39 is 0 Å². The third kappa shape index (κ3) is 3.81. The number of aromatic nitrogens is 2. The van der Waals surface area contributed by atoms with Gasteiger partial charge in [0.15, 0.2) is 5.69 Å². The van der Waals surface area contributed by atoms with E-state index in [9.17, 15) is 9.59 Å². The number of para-hydroxylation sites is 1. The van der Waals surface area contributed by atoms with Crippen LogP contribution in [0.4, 0.5) is 0 Å². The second-order valence-corrected chi connectivity index (χ2v) is 7.84. The van der Waals surface area contributed by atoms with Crippen LogP contribution in [-0.4, -0.2) is 45.6 Å². The minimum absolute atomic E-state index is 0.0749. The first kappa shape index (κ1) is 18.7. The standard InChI is InChI=1S/C22H28N4O2/c1-16(27)25-14-12-17(13-15-25)23-22(28)21-19-10-6-3-7-11-20(19)26(24-21)18-8-4-2-5-9-18/h2,4-5,8-9,17H,3,6-7,10-15H2,1H3,(H,23,28). The number of piperidine rings is 1. The van der Waals surface area contributed by atoms with E-state index in [4.69, 9.17) is 5.10 Å². The number of nitrogens with one attached hydrogen (secondary N) is 1. The van der Waals surface area contributed by atoms with Gasteiger partial charge in [-0.25, -0.2) is 4.68 Å². The van der Waals surface area contributed by atoms with Crippen molar-refractivity contribution in [2.75, 3.05) is 13.1 Å². The number of rotatable bonds is 3. The summed E-state index contributed by atoms with van der Waals surface area (Å²) in [6.07, 6.45) is 6.89. The molecule has 1 saturated heterocycles. The SMILES string of the molecule is CC(=O)N1CCC(NC(=O)c2nn(-c3ccccc3)c3c2CCCCC3)CC1. The summed E-state index contributed by atoms with van der Waals surface area (Å²) >= 11 is 0. The Balaban J connectivity index is 1.56. The van der Waals surface area contributed by atoms with Crippen LogP contribution < -0.4 is 5.32 Å². The summed E-state index contributed by atoms with van der Waals surface area (Å²) in [5.74, 6) is 0.0332. The minimum atomic E-state index is -0.0749. The Morgan fingerprint density at radius 2 is 1.75 bits per heavy atom. The van der Waals surface area contributed by atoms with Crippen molar-refractivity contribution in [3.05, 3.63) is 47.3 Å². The van der Waals surface area contributed by atoms with Gasteiger partial charge in [0.2, 0.25) is 5.91 Å². The van der Waals surface area contributed by atoms with E-state index in [1.807, 2.05) is 39.9 Å². The van der Waals surface area contributed by atoms with Gasteiger partial charge in [-0.15, -0.1) is 0 Å². The second-order valence-electron chi connectivity index (χ2n) is 7.84. The fourth-order valence-electron chi connectivity index (χ4n) is 4.33. The Morgan fingerprint density at radius 1 is 1.04 bits per heavy atom. The predicted molar refractivity (Wildman–Crippen MR) is 108 cm³/mol. The Kier molecular flexibility index (Phi) is 5.46. The van der Waals surface area contributed by atoms with E-state index >= 15 is 0 Å². The van der Waals surface area contributed by atoms with Crippen LogP contribution in [-0.2, 0) is 17.6 Å². The molecule has 1 aromatic carbocycles. The van der Waals surface area contributed by atoms with Gasteiger partial charge in [-0.1, -0.05) is 24.6 Å². The molecule has 4 rings (SSSR count). The Labute approximate surface area is 165 Å². The molecule has 2 aromatic rings. The zero-order valence-electron chi connectivity index (χ0n) is 16.5. The van der Waals surface area contributed by atoms with Gasteiger partial charge in [0, 0.05) is 37.3 Å². The largest absolute Gasteiger partial charge is 0.348 e. The van der Waals surface area contributed by atoms with E-state index in [0.717, 1.165) is 49.8 Å². The third-order valence-electron chi connectivity index (χ3n) is 5.92. The molecule has 0 saturated carbocycles. The molecule has 6 heteroatoms. The molecule has 2 heterocycles. The van der Waals surface area contributed by atoms with Gasteiger partial charge in [-0.05, 0) is 50.7 Å². The summed E-state index contributed by atoms with van der Waals surface area (Å²) in [5, 5.41) is 7.93. The number of carbonyl (C=O) groups is 2. The maximum absolute atomic E-state index is 13.1. The predicted octanol–water partition coefficient (Wildman–Crippen LogP) is 2.88. The third-order valence-corrected chi connectivity index (χ3v) is 5.92. The van der Waals surface area contributed by atoms with Crippen LogP contribution >= 0.6 is 0 Å². The fourth-order valence-corrected chi connectivity index (χ4v) is 4.33. The van der Waals surface area contributed by atoms with E-state index in [1.54, 1.807) is 6.92 Å². The summed E-state index contributed by atoms with van der Waals surface area (Å²) in [4.78, 5) is 26.4. The molecule has 148 valence electrons. The lowest BCUT2D eigenvalue weighted by Gasteiger charge is -2.31. The molecule has 6 nitrogen and oxygen atoms in total. The lowest BCUT2D eigenvalue weighted by molar-refractivity contribution is -0.129. The maximum Gasteiger partial charge on any atom is 0.272 e. The smallest absolute Gasteiger partial charge is 0.272 e. The molecule has 0 atom stereocenters. The molecule has 1 N–H and O–H groups in total. The van der Waals surface area contributed by atoms with Crippen LogP contribution in [0.25, 0.3) is 5.69 Å². The van der Waals surface area contributed by atoms with Crippen LogP contribution in [0.15, 0.2) is 30.3 Å². The first-order chi connectivity index (χ1) is 13.6. The van der Waals surface area contributed by atoms with Crippen LogP contribution in [0.3, 0.4) is 0 Å². The fraction of sp³-hybridized carbons (Fsp3) is 0.500. The highest BCUT2D eigenvalue weighted by Crippen LogP contribution is 2.26. The second kappa shape index (κ2) is 8.17. The summed E-state index contributed by atoms with van der Waals surface area (Å²) < 4.78 is 1.97. The van der Waals surface area contributed by atoms with Crippen molar-refractivity contribution >= 4 is 11.8 Å². The normalized spacial score (nSPS) is 17.7. The number of benzene rings is 1. The van der Waals surface area contributed by atoms with Gasteiger partial charge in [-0.2, -0.15) is 5.10 Å². The molecule has 0 bridgehead atoms.